The number of carbonyl (C=O) groups excluding carboxylic acids is 2. The zero-order chi connectivity index (χ0) is 15.4. The molecule has 1 aliphatic rings. The molecule has 1 heterocycles. The molecule has 2 amide bonds. The van der Waals surface area contributed by atoms with Gasteiger partial charge >= 0.3 is 0 Å². The summed E-state index contributed by atoms with van der Waals surface area (Å²) in [5, 5.41) is 2.76. The van der Waals surface area contributed by atoms with Gasteiger partial charge in [-0.15, -0.1) is 0 Å². The van der Waals surface area contributed by atoms with Crippen LogP contribution in [0.15, 0.2) is 24.3 Å². The van der Waals surface area contributed by atoms with Gasteiger partial charge in [0.1, 0.15) is 0 Å². The van der Waals surface area contributed by atoms with Gasteiger partial charge in [-0.3, -0.25) is 9.59 Å². The molecule has 1 saturated heterocycles. The number of anilines is 2. The van der Waals surface area contributed by atoms with Crippen molar-refractivity contribution in [3.8, 4) is 0 Å². The van der Waals surface area contributed by atoms with E-state index in [-0.39, 0.29) is 17.7 Å². The Morgan fingerprint density at radius 1 is 1.05 bits per heavy atom. The van der Waals surface area contributed by atoms with E-state index in [0.29, 0.717) is 0 Å². The lowest BCUT2D eigenvalue weighted by molar-refractivity contribution is -0.134. The molecular weight excluding hydrogens is 266 g/mol. The second kappa shape index (κ2) is 6.61. The average Bonchev–Trinajstić information content (AvgIpc) is 2.47. The second-order valence-electron chi connectivity index (χ2n) is 5.70. The molecule has 5 heteroatoms. The Balaban J connectivity index is 1.93. The molecule has 21 heavy (non-hydrogen) atoms. The normalized spacial score (nSPS) is 15.2. The quantitative estimate of drug-likeness (QED) is 0.925. The lowest BCUT2D eigenvalue weighted by Crippen LogP contribution is -2.49. The standard InChI is InChI=1S/C16H23N3O2/c1-12(2)16(21)19-10-8-18(9-11-19)15-6-4-14(5-7-15)17-13(3)20/h4-7,12H,8-11H2,1-3H3,(H,17,20). The molecule has 114 valence electrons. The van der Waals surface area contributed by atoms with Crippen molar-refractivity contribution in [2.24, 2.45) is 5.92 Å². The van der Waals surface area contributed by atoms with Crippen LogP contribution in [0.4, 0.5) is 11.4 Å². The zero-order valence-electron chi connectivity index (χ0n) is 12.9. The Hall–Kier alpha value is -2.04. The fraction of sp³-hybridized carbons (Fsp3) is 0.500. The van der Waals surface area contributed by atoms with Crippen molar-refractivity contribution in [3.05, 3.63) is 24.3 Å². The van der Waals surface area contributed by atoms with Crippen LogP contribution in [0, 0.1) is 5.92 Å². The maximum atomic E-state index is 12.0. The molecule has 1 N–H and O–H groups in total. The largest absolute Gasteiger partial charge is 0.368 e. The van der Waals surface area contributed by atoms with E-state index >= 15 is 0 Å². The van der Waals surface area contributed by atoms with E-state index in [4.69, 9.17) is 0 Å². The Morgan fingerprint density at radius 2 is 1.62 bits per heavy atom. The molecule has 5 nitrogen and oxygen atoms in total. The predicted octanol–water partition coefficient (Wildman–Crippen LogP) is 1.95. The first-order valence-corrected chi connectivity index (χ1v) is 7.39. The van der Waals surface area contributed by atoms with Crippen molar-refractivity contribution < 1.29 is 9.59 Å². The summed E-state index contributed by atoms with van der Waals surface area (Å²) in [6.07, 6.45) is 0. The number of hydrogen-bond acceptors (Lipinski definition) is 3. The molecular formula is C16H23N3O2. The van der Waals surface area contributed by atoms with Crippen LogP contribution < -0.4 is 10.2 Å². The molecule has 0 atom stereocenters. The van der Waals surface area contributed by atoms with Gasteiger partial charge in [0.05, 0.1) is 0 Å². The molecule has 0 saturated carbocycles. The van der Waals surface area contributed by atoms with Crippen LogP contribution in [0.1, 0.15) is 20.8 Å². The molecule has 0 aromatic heterocycles. The second-order valence-corrected chi connectivity index (χ2v) is 5.70. The summed E-state index contributed by atoms with van der Waals surface area (Å²) in [5.41, 5.74) is 1.93. The molecule has 1 aromatic carbocycles. The summed E-state index contributed by atoms with van der Waals surface area (Å²) in [4.78, 5) is 27.2. The molecule has 1 aliphatic heterocycles. The number of piperazine rings is 1. The summed E-state index contributed by atoms with van der Waals surface area (Å²) in [6.45, 7) is 8.61. The van der Waals surface area contributed by atoms with E-state index in [9.17, 15) is 9.59 Å². The van der Waals surface area contributed by atoms with Gasteiger partial charge in [-0.2, -0.15) is 0 Å². The maximum Gasteiger partial charge on any atom is 0.225 e. The molecule has 1 fully saturated rings. The molecule has 0 spiro atoms. The van der Waals surface area contributed by atoms with Crippen LogP contribution in [-0.2, 0) is 9.59 Å². The van der Waals surface area contributed by atoms with Crippen molar-refractivity contribution in [1.82, 2.24) is 4.90 Å². The van der Waals surface area contributed by atoms with E-state index in [1.807, 2.05) is 43.0 Å². The molecule has 0 radical (unpaired) electrons. The van der Waals surface area contributed by atoms with Gasteiger partial charge in [0, 0.05) is 50.4 Å². The monoisotopic (exact) mass is 289 g/mol. The highest BCUT2D eigenvalue weighted by molar-refractivity contribution is 5.88. The number of carbonyl (C=O) groups is 2. The number of amides is 2. The van der Waals surface area contributed by atoms with E-state index in [1.165, 1.54) is 6.92 Å². The summed E-state index contributed by atoms with van der Waals surface area (Å²) < 4.78 is 0. The molecule has 2 rings (SSSR count). The van der Waals surface area contributed by atoms with Crippen LogP contribution in [-0.4, -0.2) is 42.9 Å². The lowest BCUT2D eigenvalue weighted by Gasteiger charge is -2.37. The minimum Gasteiger partial charge on any atom is -0.368 e. The van der Waals surface area contributed by atoms with Crippen molar-refractivity contribution in [2.45, 2.75) is 20.8 Å². The van der Waals surface area contributed by atoms with Gasteiger partial charge in [-0.1, -0.05) is 13.8 Å². The van der Waals surface area contributed by atoms with Crippen LogP contribution >= 0.6 is 0 Å². The molecule has 0 bridgehead atoms. The van der Waals surface area contributed by atoms with E-state index in [2.05, 4.69) is 10.2 Å². The van der Waals surface area contributed by atoms with Crippen molar-refractivity contribution in [3.63, 3.8) is 0 Å². The molecule has 0 unspecified atom stereocenters. The topological polar surface area (TPSA) is 52.7 Å². The van der Waals surface area contributed by atoms with Crippen LogP contribution in [0.25, 0.3) is 0 Å². The summed E-state index contributed by atoms with van der Waals surface area (Å²) in [6, 6.07) is 7.82. The average molecular weight is 289 g/mol. The maximum absolute atomic E-state index is 12.0. The van der Waals surface area contributed by atoms with E-state index in [0.717, 1.165) is 37.6 Å². The van der Waals surface area contributed by atoms with Gasteiger partial charge in [0.25, 0.3) is 0 Å². The van der Waals surface area contributed by atoms with Crippen LogP contribution in [0.3, 0.4) is 0 Å². The van der Waals surface area contributed by atoms with Gasteiger partial charge in [-0.25, -0.2) is 0 Å². The van der Waals surface area contributed by atoms with Crippen molar-refractivity contribution >= 4 is 23.2 Å². The van der Waals surface area contributed by atoms with Gasteiger partial charge in [-0.05, 0) is 24.3 Å². The highest BCUT2D eigenvalue weighted by atomic mass is 16.2. The summed E-state index contributed by atoms with van der Waals surface area (Å²) in [7, 11) is 0. The Morgan fingerprint density at radius 3 is 2.10 bits per heavy atom. The minimum atomic E-state index is -0.0661. The first-order chi connectivity index (χ1) is 9.97. The fourth-order valence-corrected chi connectivity index (χ4v) is 2.51. The van der Waals surface area contributed by atoms with Gasteiger partial charge < -0.3 is 15.1 Å². The molecule has 0 aliphatic carbocycles. The van der Waals surface area contributed by atoms with Gasteiger partial charge in [0.15, 0.2) is 0 Å². The summed E-state index contributed by atoms with van der Waals surface area (Å²) in [5.74, 6) is 0.229. The lowest BCUT2D eigenvalue weighted by atomic mass is 10.1. The smallest absolute Gasteiger partial charge is 0.225 e. The number of hydrogen-bond donors (Lipinski definition) is 1. The van der Waals surface area contributed by atoms with E-state index in [1.54, 1.807) is 0 Å². The number of rotatable bonds is 3. The van der Waals surface area contributed by atoms with Crippen LogP contribution in [0.5, 0.6) is 0 Å². The van der Waals surface area contributed by atoms with Gasteiger partial charge in [0.2, 0.25) is 11.8 Å². The number of nitrogens with one attached hydrogen (secondary N) is 1. The van der Waals surface area contributed by atoms with Crippen molar-refractivity contribution in [1.29, 1.82) is 0 Å². The number of benzene rings is 1. The fourth-order valence-electron chi connectivity index (χ4n) is 2.51. The SMILES string of the molecule is CC(=O)Nc1ccc(N2CCN(C(=O)C(C)C)CC2)cc1. The highest BCUT2D eigenvalue weighted by Gasteiger charge is 2.22. The summed E-state index contributed by atoms with van der Waals surface area (Å²) >= 11 is 0. The number of nitrogens with zero attached hydrogens (tertiary/aromatic N) is 2. The van der Waals surface area contributed by atoms with E-state index < -0.39 is 0 Å². The minimum absolute atomic E-state index is 0.0634. The Kier molecular flexibility index (Phi) is 4.83. The highest BCUT2D eigenvalue weighted by Crippen LogP contribution is 2.20. The third-order valence-electron chi connectivity index (χ3n) is 3.64. The van der Waals surface area contributed by atoms with Crippen molar-refractivity contribution in [2.75, 3.05) is 36.4 Å². The first kappa shape index (κ1) is 15.4. The first-order valence-electron chi connectivity index (χ1n) is 7.39. The third kappa shape index (κ3) is 3.97. The molecule has 1 aromatic rings. The Labute approximate surface area is 125 Å². The predicted molar refractivity (Wildman–Crippen MR) is 84.4 cm³/mol. The van der Waals surface area contributed by atoms with Crippen LogP contribution in [0.2, 0.25) is 0 Å². The zero-order valence-corrected chi connectivity index (χ0v) is 12.9. The third-order valence-corrected chi connectivity index (χ3v) is 3.64. The Bertz CT molecular complexity index is 503.